The third-order valence-corrected chi connectivity index (χ3v) is 4.74. The summed E-state index contributed by atoms with van der Waals surface area (Å²) in [4.78, 5) is 17.0. The minimum atomic E-state index is -4.25. The Morgan fingerprint density at radius 3 is 2.41 bits per heavy atom. The molecule has 0 atom stereocenters. The smallest absolute Gasteiger partial charge is 0.260 e. The van der Waals surface area contributed by atoms with E-state index in [0.717, 1.165) is 11.3 Å². The Morgan fingerprint density at radius 1 is 1.00 bits per heavy atom. The number of aryl methyl sites for hydroxylation is 1. The molecule has 0 bridgehead atoms. The lowest BCUT2D eigenvalue weighted by Crippen LogP contribution is -2.28. The number of hydrogen-bond donors (Lipinski definition) is 0. The van der Waals surface area contributed by atoms with Crippen LogP contribution in [0, 0.1) is 5.82 Å². The highest BCUT2D eigenvalue weighted by molar-refractivity contribution is 6.12. The summed E-state index contributed by atoms with van der Waals surface area (Å²) in [6.45, 7) is 4.72. The SMILES string of the molecule is C=C1C=CC(c2cnc(CCC(F)(F)F)nc2)=NN1CC1=NC(c2ccc(F)cc2)=NC1. The number of hydrogen-bond acceptors (Lipinski definition) is 6. The summed E-state index contributed by atoms with van der Waals surface area (Å²) in [5, 5.41) is 6.20. The Kier molecular flexibility index (Phi) is 5.93. The zero-order valence-electron chi connectivity index (χ0n) is 16.8. The van der Waals surface area contributed by atoms with Crippen molar-refractivity contribution >= 4 is 17.3 Å². The van der Waals surface area contributed by atoms with Crippen molar-refractivity contribution in [3.63, 3.8) is 0 Å². The number of amidine groups is 1. The summed E-state index contributed by atoms with van der Waals surface area (Å²) in [5.74, 6) is 0.330. The normalized spacial score (nSPS) is 16.2. The molecule has 4 rings (SSSR count). The number of aromatic nitrogens is 2. The predicted molar refractivity (Wildman–Crippen MR) is 113 cm³/mol. The van der Waals surface area contributed by atoms with Crippen LogP contribution in [0.25, 0.3) is 0 Å². The molecule has 164 valence electrons. The van der Waals surface area contributed by atoms with E-state index in [4.69, 9.17) is 0 Å². The highest BCUT2D eigenvalue weighted by atomic mass is 19.4. The lowest BCUT2D eigenvalue weighted by molar-refractivity contribution is -0.134. The maximum absolute atomic E-state index is 13.1. The van der Waals surface area contributed by atoms with Gasteiger partial charge < -0.3 is 0 Å². The molecule has 0 N–H and O–H groups in total. The van der Waals surface area contributed by atoms with E-state index in [9.17, 15) is 17.6 Å². The zero-order chi connectivity index (χ0) is 22.7. The summed E-state index contributed by atoms with van der Waals surface area (Å²) in [5.41, 5.74) is 3.27. The van der Waals surface area contributed by atoms with Crippen molar-refractivity contribution in [3.8, 4) is 0 Å². The largest absolute Gasteiger partial charge is 0.389 e. The first-order chi connectivity index (χ1) is 15.3. The van der Waals surface area contributed by atoms with Gasteiger partial charge in [-0.2, -0.15) is 18.3 Å². The van der Waals surface area contributed by atoms with Crippen LogP contribution in [0.5, 0.6) is 0 Å². The van der Waals surface area contributed by atoms with Crippen LogP contribution in [-0.2, 0) is 6.42 Å². The number of hydrazone groups is 1. The number of aliphatic imine (C=N–C) groups is 2. The van der Waals surface area contributed by atoms with E-state index in [2.05, 4.69) is 31.6 Å². The molecule has 6 nitrogen and oxygen atoms in total. The average Bonchev–Trinajstić information content (AvgIpc) is 3.23. The van der Waals surface area contributed by atoms with E-state index < -0.39 is 12.6 Å². The van der Waals surface area contributed by atoms with Crippen LogP contribution < -0.4 is 0 Å². The molecule has 2 aromatic rings. The first kappa shape index (κ1) is 21.5. The highest BCUT2D eigenvalue weighted by Crippen LogP contribution is 2.21. The molecule has 2 aliphatic rings. The van der Waals surface area contributed by atoms with Gasteiger partial charge in [0.15, 0.2) is 5.84 Å². The Hall–Kier alpha value is -3.69. The van der Waals surface area contributed by atoms with Gasteiger partial charge in [-0.25, -0.2) is 19.4 Å². The molecule has 0 saturated carbocycles. The van der Waals surface area contributed by atoms with Crippen molar-refractivity contribution in [2.24, 2.45) is 15.1 Å². The van der Waals surface area contributed by atoms with Crippen molar-refractivity contribution in [1.29, 1.82) is 0 Å². The third-order valence-electron chi connectivity index (χ3n) is 4.74. The standard InChI is InChI=1S/C22H18F4N6/c1-14-2-7-19(16-10-27-20(28-11-16)8-9-22(24,25)26)31-32(14)13-18-12-29-21(30-18)15-3-5-17(23)6-4-15/h2-7,10-11H,1,8-9,12-13H2. The van der Waals surface area contributed by atoms with Gasteiger partial charge in [0.05, 0.1) is 36.6 Å². The average molecular weight is 442 g/mol. The minimum absolute atomic E-state index is 0.124. The maximum atomic E-state index is 13.1. The summed E-state index contributed by atoms with van der Waals surface area (Å²) in [6, 6.07) is 5.96. The molecule has 2 aliphatic heterocycles. The van der Waals surface area contributed by atoms with Crippen LogP contribution in [0.15, 0.2) is 76.2 Å². The second-order valence-electron chi connectivity index (χ2n) is 7.20. The molecule has 3 heterocycles. The zero-order valence-corrected chi connectivity index (χ0v) is 16.8. The molecule has 0 amide bonds. The fraction of sp³-hybridized carbons (Fsp3) is 0.227. The topological polar surface area (TPSA) is 66.1 Å². The molecule has 0 fully saturated rings. The van der Waals surface area contributed by atoms with Gasteiger partial charge in [-0.15, -0.1) is 0 Å². The van der Waals surface area contributed by atoms with E-state index >= 15 is 0 Å². The number of allylic oxidation sites excluding steroid dienone is 2. The van der Waals surface area contributed by atoms with E-state index in [-0.39, 0.29) is 18.1 Å². The quantitative estimate of drug-likeness (QED) is 0.633. The molecule has 0 aliphatic carbocycles. The van der Waals surface area contributed by atoms with Crippen LogP contribution in [0.3, 0.4) is 0 Å². The van der Waals surface area contributed by atoms with Crippen LogP contribution in [-0.4, -0.2) is 51.5 Å². The second kappa shape index (κ2) is 8.81. The van der Waals surface area contributed by atoms with Crippen molar-refractivity contribution < 1.29 is 17.6 Å². The van der Waals surface area contributed by atoms with Gasteiger partial charge in [-0.3, -0.25) is 10.0 Å². The minimum Gasteiger partial charge on any atom is -0.260 e. The fourth-order valence-electron chi connectivity index (χ4n) is 3.05. The van der Waals surface area contributed by atoms with E-state index in [1.165, 1.54) is 24.5 Å². The number of halogens is 4. The second-order valence-corrected chi connectivity index (χ2v) is 7.20. The Labute approximate surface area is 181 Å². The molecule has 1 aromatic heterocycles. The van der Waals surface area contributed by atoms with Gasteiger partial charge in [-0.05, 0) is 36.4 Å². The van der Waals surface area contributed by atoms with Gasteiger partial charge >= 0.3 is 6.18 Å². The van der Waals surface area contributed by atoms with Crippen LogP contribution in [0.1, 0.15) is 23.4 Å². The number of benzene rings is 1. The van der Waals surface area contributed by atoms with E-state index in [0.29, 0.717) is 35.9 Å². The summed E-state index contributed by atoms with van der Waals surface area (Å²) >= 11 is 0. The summed E-state index contributed by atoms with van der Waals surface area (Å²) < 4.78 is 50.2. The first-order valence-corrected chi connectivity index (χ1v) is 9.75. The van der Waals surface area contributed by atoms with Gasteiger partial charge in [0.1, 0.15) is 11.6 Å². The van der Waals surface area contributed by atoms with E-state index in [1.807, 2.05) is 0 Å². The molecule has 1 aromatic carbocycles. The first-order valence-electron chi connectivity index (χ1n) is 9.75. The van der Waals surface area contributed by atoms with Crippen molar-refractivity contribution in [2.45, 2.75) is 19.0 Å². The maximum Gasteiger partial charge on any atom is 0.389 e. The lowest BCUT2D eigenvalue weighted by Gasteiger charge is -2.23. The van der Waals surface area contributed by atoms with Gasteiger partial charge in [-0.1, -0.05) is 6.58 Å². The monoisotopic (exact) mass is 442 g/mol. The molecule has 0 saturated heterocycles. The molecule has 0 spiro atoms. The summed E-state index contributed by atoms with van der Waals surface area (Å²) in [7, 11) is 0. The van der Waals surface area contributed by atoms with Crippen molar-refractivity contribution in [2.75, 3.05) is 13.1 Å². The predicted octanol–water partition coefficient (Wildman–Crippen LogP) is 4.10. The Balaban J connectivity index is 1.44. The van der Waals surface area contributed by atoms with Crippen LogP contribution in [0.4, 0.5) is 17.6 Å². The van der Waals surface area contributed by atoms with Crippen LogP contribution >= 0.6 is 0 Å². The molecule has 0 radical (unpaired) electrons. The summed E-state index contributed by atoms with van der Waals surface area (Å²) in [6.07, 6.45) is 0.938. The Morgan fingerprint density at radius 2 is 1.72 bits per heavy atom. The molecule has 32 heavy (non-hydrogen) atoms. The van der Waals surface area contributed by atoms with Crippen LogP contribution in [0.2, 0.25) is 0 Å². The molecular weight excluding hydrogens is 424 g/mol. The number of rotatable bonds is 6. The van der Waals surface area contributed by atoms with Crippen molar-refractivity contribution in [3.05, 3.63) is 83.9 Å². The lowest BCUT2D eigenvalue weighted by atomic mass is 10.1. The fourth-order valence-corrected chi connectivity index (χ4v) is 3.05. The molecule has 10 heteroatoms. The van der Waals surface area contributed by atoms with Gasteiger partial charge in [0, 0.05) is 29.9 Å². The third kappa shape index (κ3) is 5.32. The van der Waals surface area contributed by atoms with Crippen molar-refractivity contribution in [1.82, 2.24) is 15.0 Å². The Bertz CT molecular complexity index is 1130. The number of alkyl halides is 3. The highest BCUT2D eigenvalue weighted by Gasteiger charge is 2.27. The molecule has 0 unspecified atom stereocenters. The van der Waals surface area contributed by atoms with Gasteiger partial charge in [0.25, 0.3) is 0 Å². The van der Waals surface area contributed by atoms with Gasteiger partial charge in [0.2, 0.25) is 0 Å². The number of nitrogens with zero attached hydrogens (tertiary/aromatic N) is 6. The van der Waals surface area contributed by atoms with E-state index in [1.54, 1.807) is 29.3 Å². The molecular formula is C22H18F4N6.